The number of quaternary nitrogens is 1. The first-order valence-corrected chi connectivity index (χ1v) is 19.4. The summed E-state index contributed by atoms with van der Waals surface area (Å²) in [6.45, 7) is 3.29. The van der Waals surface area contributed by atoms with E-state index in [2.05, 4.69) is 20.6 Å². The number of anilines is 1. The molecule has 0 aliphatic carbocycles. The number of aromatic hydroxyl groups is 2. The van der Waals surface area contributed by atoms with Crippen LogP contribution in [0.1, 0.15) is 37.6 Å². The van der Waals surface area contributed by atoms with Crippen molar-refractivity contribution in [3.05, 3.63) is 48.3 Å². The van der Waals surface area contributed by atoms with Gasteiger partial charge in [-0.15, -0.1) is 11.8 Å². The van der Waals surface area contributed by atoms with Gasteiger partial charge in [0.05, 0.1) is 47.1 Å². The Morgan fingerprint density at radius 3 is 2.46 bits per heavy atom. The number of thiazole rings is 1. The zero-order valence-electron chi connectivity index (χ0n) is 29.1. The number of nitrogens with two attached hydrogens (primary N) is 1. The van der Waals surface area contributed by atoms with E-state index in [4.69, 9.17) is 38.9 Å². The molecule has 0 saturated carbocycles. The third kappa shape index (κ3) is 7.53. The number of hydrogen-bond acceptors (Lipinski definition) is 16. The smallest absolute Gasteiger partial charge is 0.348 e. The van der Waals surface area contributed by atoms with Gasteiger partial charge in [0, 0.05) is 36.8 Å². The summed E-state index contributed by atoms with van der Waals surface area (Å²) in [5, 5.41) is 60.7. The summed E-state index contributed by atoms with van der Waals surface area (Å²) in [5.41, 5.74) is 4.37. The molecule has 24 heteroatoms. The number of β-lactam (4-membered cyclic amide) rings is 1. The van der Waals surface area contributed by atoms with Crippen molar-refractivity contribution >= 4 is 97.8 Å². The molecule has 56 heavy (non-hydrogen) atoms. The van der Waals surface area contributed by atoms with Gasteiger partial charge in [-0.2, -0.15) is 5.10 Å². The molecule has 3 atom stereocenters. The minimum absolute atomic E-state index is 0.0293. The van der Waals surface area contributed by atoms with Crippen LogP contribution in [0.3, 0.4) is 0 Å². The van der Waals surface area contributed by atoms with Crippen LogP contribution >= 0.6 is 46.3 Å². The Bertz CT molecular complexity index is 2310. The number of likely N-dealkylation sites (tertiary alicyclic amines) is 1. The average molecular weight is 856 g/mol. The van der Waals surface area contributed by atoms with Gasteiger partial charge in [0.25, 0.3) is 11.8 Å². The summed E-state index contributed by atoms with van der Waals surface area (Å²) in [6, 6.07) is -0.115. The Morgan fingerprint density at radius 1 is 1.18 bits per heavy atom. The molecule has 0 unspecified atom stereocenters. The number of carboxylic acid groups (broad SMARTS) is 3. The van der Waals surface area contributed by atoms with Crippen LogP contribution in [0.4, 0.5) is 5.13 Å². The predicted octanol–water partition coefficient (Wildman–Crippen LogP) is 0.0364. The quantitative estimate of drug-likeness (QED) is 0.0410. The highest BCUT2D eigenvalue weighted by atomic mass is 35.5. The number of carbonyl (C=O) groups excluding carboxylic acids is 3. The van der Waals surface area contributed by atoms with Crippen molar-refractivity contribution in [3.8, 4) is 11.5 Å². The van der Waals surface area contributed by atoms with E-state index in [9.17, 15) is 49.2 Å². The van der Waals surface area contributed by atoms with Crippen molar-refractivity contribution in [1.29, 1.82) is 0 Å². The van der Waals surface area contributed by atoms with Gasteiger partial charge in [-0.1, -0.05) is 39.7 Å². The maximum Gasteiger partial charge on any atom is 0.348 e. The van der Waals surface area contributed by atoms with E-state index >= 15 is 0 Å². The topological polar surface area (TPSA) is 300 Å². The fourth-order valence-electron chi connectivity index (χ4n) is 6.97. The number of halogens is 2. The number of carbonyl (C=O) groups is 5. The molecule has 2 aromatic heterocycles. The third-order valence-electron chi connectivity index (χ3n) is 9.51. The van der Waals surface area contributed by atoms with Crippen LogP contribution in [-0.4, -0.2) is 123 Å². The van der Waals surface area contributed by atoms with E-state index in [0.717, 1.165) is 40.8 Å². The number of oxime groups is 1. The van der Waals surface area contributed by atoms with Crippen LogP contribution in [0, 0.1) is 0 Å². The molecule has 298 valence electrons. The van der Waals surface area contributed by atoms with Gasteiger partial charge in [0.1, 0.15) is 34.5 Å². The van der Waals surface area contributed by atoms with E-state index < -0.39 is 76.3 Å². The molecular formula is C32H32Cl2N8O12S2. The van der Waals surface area contributed by atoms with Gasteiger partial charge in [0.15, 0.2) is 28.0 Å². The van der Waals surface area contributed by atoms with Crippen molar-refractivity contribution in [1.82, 2.24) is 25.0 Å². The Labute approximate surface area is 333 Å². The molecule has 2 fully saturated rings. The fraction of sp³-hybridized carbons (Fsp3) is 0.406. The van der Waals surface area contributed by atoms with E-state index in [1.165, 1.54) is 10.7 Å². The minimum Gasteiger partial charge on any atom is -0.543 e. The molecular weight excluding hydrogens is 823 g/mol. The zero-order valence-corrected chi connectivity index (χ0v) is 32.2. The third-order valence-corrected chi connectivity index (χ3v) is 12.3. The number of aliphatic carboxylic acids is 3. The number of aryl methyl sites for hydroxylation is 1. The fourth-order valence-corrected chi connectivity index (χ4v) is 9.51. The number of nitrogens with zero attached hydrogens (tertiary/aromatic N) is 6. The highest BCUT2D eigenvalue weighted by Crippen LogP contribution is 2.42. The lowest BCUT2D eigenvalue weighted by Gasteiger charge is -2.51. The molecule has 3 aromatic rings. The first-order valence-electron chi connectivity index (χ1n) is 16.8. The maximum absolute atomic E-state index is 13.8. The normalized spacial score (nSPS) is 19.7. The van der Waals surface area contributed by atoms with Gasteiger partial charge in [-0.05, 0) is 6.92 Å². The Kier molecular flexibility index (Phi) is 11.4. The first kappa shape index (κ1) is 40.5. The van der Waals surface area contributed by atoms with E-state index in [1.54, 1.807) is 6.92 Å². The van der Waals surface area contributed by atoms with Crippen LogP contribution in [0.5, 0.6) is 11.5 Å². The number of aromatic nitrogens is 3. The largest absolute Gasteiger partial charge is 0.543 e. The number of nitrogen functional groups attached to an aromatic ring is 1. The second-order valence-corrected chi connectivity index (χ2v) is 16.2. The summed E-state index contributed by atoms with van der Waals surface area (Å²) < 4.78 is 1.52. The number of phenols is 2. The number of phenolic OH excluding ortho intramolecular Hbond substituents is 2. The van der Waals surface area contributed by atoms with Gasteiger partial charge in [0.2, 0.25) is 11.5 Å². The van der Waals surface area contributed by atoms with Gasteiger partial charge in [-0.3, -0.25) is 28.8 Å². The number of hydrogen-bond donors (Lipinski definition) is 6. The predicted molar refractivity (Wildman–Crippen MR) is 198 cm³/mol. The molecule has 0 bridgehead atoms. The number of benzene rings is 1. The SMILES string of the molecule is CCn1nc(C[N+]2(CC3=C(C(=O)[O-])N4C(=O)[C@@H](NC(=O)/C(=N\O[C@@H](CC(=O)O)C(=O)O)c5nc(N)sc5Cl)[C@H]4SC3)CCCC2)c(=O)c2c(Cl)c(O)c(O)cc21. The van der Waals surface area contributed by atoms with Gasteiger partial charge in [-0.25, -0.2) is 9.78 Å². The average Bonchev–Trinajstić information content (AvgIpc) is 3.74. The lowest BCUT2D eigenvalue weighted by Crippen LogP contribution is -2.72. The van der Waals surface area contributed by atoms with Crippen molar-refractivity contribution in [2.24, 2.45) is 5.16 Å². The molecule has 0 radical (unpaired) electrons. The number of fused-ring (bicyclic) bond motifs is 2. The van der Waals surface area contributed by atoms with Crippen LogP contribution < -0.4 is 21.6 Å². The molecule has 6 rings (SSSR count). The second kappa shape index (κ2) is 15.8. The molecule has 5 heterocycles. The van der Waals surface area contributed by atoms with Crippen molar-refractivity contribution < 1.29 is 58.8 Å². The summed E-state index contributed by atoms with van der Waals surface area (Å²) in [5.74, 6) is -7.91. The monoisotopic (exact) mass is 854 g/mol. The van der Waals surface area contributed by atoms with Crippen LogP contribution in [0.25, 0.3) is 10.9 Å². The molecule has 3 aliphatic rings. The lowest BCUT2D eigenvalue weighted by atomic mass is 10.0. The second-order valence-electron chi connectivity index (χ2n) is 13.1. The van der Waals surface area contributed by atoms with Crippen LogP contribution in [0.15, 0.2) is 27.3 Å². The maximum atomic E-state index is 13.8. The minimum atomic E-state index is -2.01. The van der Waals surface area contributed by atoms with Crippen molar-refractivity contribution in [2.75, 3.05) is 31.1 Å². The van der Waals surface area contributed by atoms with Crippen LogP contribution in [0.2, 0.25) is 9.36 Å². The standard InChI is InChI=1S/C32H32Cl2N8O12S2/c1-2-40-14-7-15(43)25(47)19(33)18(14)24(46)13(38-40)10-42(5-3-4-6-42)9-12-11-55-29-22(28(49)41(29)23(12)31(52)53)36-27(48)21(20-26(34)56-32(35)37-20)39-54-16(30(50)51)8-17(44)45/h7,16,22,29H,2-6,8-11H2,1H3,(H7-,35,36,37,38,39,43,44,45,46,47,48,50,51,52,53)/t16-,22+,29+/m0/s1. The summed E-state index contributed by atoms with van der Waals surface area (Å²) in [7, 11) is 0. The number of carboxylic acids is 3. The summed E-state index contributed by atoms with van der Waals surface area (Å²) >= 11 is 14.4. The Balaban J connectivity index is 1.27. The van der Waals surface area contributed by atoms with E-state index in [0.29, 0.717) is 18.7 Å². The number of thioether (sulfide) groups is 1. The van der Waals surface area contributed by atoms with Gasteiger partial charge < -0.3 is 50.7 Å². The van der Waals surface area contributed by atoms with E-state index in [1.807, 2.05) is 0 Å². The highest BCUT2D eigenvalue weighted by molar-refractivity contribution is 8.00. The molecule has 1 aromatic carbocycles. The van der Waals surface area contributed by atoms with E-state index in [-0.39, 0.29) is 72.3 Å². The van der Waals surface area contributed by atoms with Crippen molar-refractivity contribution in [3.63, 3.8) is 0 Å². The first-order chi connectivity index (χ1) is 26.5. The summed E-state index contributed by atoms with van der Waals surface area (Å²) in [6.07, 6.45) is -1.54. The molecule has 0 spiro atoms. The molecule has 3 aliphatic heterocycles. The summed E-state index contributed by atoms with van der Waals surface area (Å²) in [4.78, 5) is 86.2. The lowest BCUT2D eigenvalue weighted by molar-refractivity contribution is -0.925. The Morgan fingerprint density at radius 2 is 1.88 bits per heavy atom. The Hall–Kier alpha value is -5.16. The number of nitrogens with one attached hydrogen (secondary N) is 1. The number of amides is 2. The van der Waals surface area contributed by atoms with Gasteiger partial charge >= 0.3 is 11.9 Å². The molecule has 2 saturated heterocycles. The van der Waals surface area contributed by atoms with Crippen molar-refractivity contribution in [2.45, 2.75) is 56.8 Å². The highest BCUT2D eigenvalue weighted by Gasteiger charge is 2.54. The van der Waals surface area contributed by atoms with Crippen LogP contribution in [-0.2, 0) is 41.9 Å². The molecule has 2 amide bonds. The number of rotatable bonds is 14. The molecule has 7 N–H and O–H groups in total. The molecule has 20 nitrogen and oxygen atoms in total. The zero-order chi connectivity index (χ0) is 40.8.